The van der Waals surface area contributed by atoms with Crippen molar-refractivity contribution in [3.05, 3.63) is 40.7 Å². The van der Waals surface area contributed by atoms with Crippen LogP contribution in [-0.2, 0) is 17.8 Å². The number of rotatable bonds is 7. The van der Waals surface area contributed by atoms with E-state index in [1.165, 1.54) is 0 Å². The van der Waals surface area contributed by atoms with Gasteiger partial charge in [0.1, 0.15) is 0 Å². The highest BCUT2D eigenvalue weighted by molar-refractivity contribution is 6.30. The predicted molar refractivity (Wildman–Crippen MR) is 72.0 cm³/mol. The fourth-order valence-electron chi connectivity index (χ4n) is 1.66. The first kappa shape index (κ1) is 13.9. The van der Waals surface area contributed by atoms with Crippen LogP contribution < -0.4 is 5.32 Å². The fraction of sp³-hybridized carbons (Fsp3) is 0.417. The quantitative estimate of drug-likeness (QED) is 0.770. The van der Waals surface area contributed by atoms with Gasteiger partial charge in [-0.15, -0.1) is 5.10 Å². The molecule has 0 saturated carbocycles. The fourth-order valence-corrected chi connectivity index (χ4v) is 1.87. The lowest BCUT2D eigenvalue weighted by atomic mass is 10.2. The van der Waals surface area contributed by atoms with E-state index in [1.807, 2.05) is 24.3 Å². The third-order valence-electron chi connectivity index (χ3n) is 2.59. The Bertz CT molecular complexity index is 516. The number of methoxy groups -OCH3 is 1. The Morgan fingerprint density at radius 3 is 3.11 bits per heavy atom. The number of aromatic nitrogens is 4. The summed E-state index contributed by atoms with van der Waals surface area (Å²) in [6, 6.07) is 7.66. The zero-order valence-corrected chi connectivity index (χ0v) is 11.5. The molecule has 0 radical (unpaired) electrons. The summed E-state index contributed by atoms with van der Waals surface area (Å²) >= 11 is 5.96. The summed E-state index contributed by atoms with van der Waals surface area (Å²) < 4.78 is 6.72. The van der Waals surface area contributed by atoms with E-state index < -0.39 is 0 Å². The Hall–Kier alpha value is -1.50. The lowest BCUT2D eigenvalue weighted by molar-refractivity contribution is 0.198. The first-order valence-corrected chi connectivity index (χ1v) is 6.36. The minimum Gasteiger partial charge on any atom is -0.383 e. The van der Waals surface area contributed by atoms with Crippen LogP contribution in [0.1, 0.15) is 11.4 Å². The van der Waals surface area contributed by atoms with Crippen molar-refractivity contribution in [1.82, 2.24) is 25.5 Å². The lowest BCUT2D eigenvalue weighted by Gasteiger charge is -2.06. The van der Waals surface area contributed by atoms with Crippen LogP contribution in [0.2, 0.25) is 5.02 Å². The molecule has 1 N–H and O–H groups in total. The topological polar surface area (TPSA) is 64.9 Å². The summed E-state index contributed by atoms with van der Waals surface area (Å²) in [4.78, 5) is 0. The summed E-state index contributed by atoms with van der Waals surface area (Å²) in [6.07, 6.45) is 0. The molecule has 1 aromatic heterocycles. The van der Waals surface area contributed by atoms with Gasteiger partial charge in [-0.2, -0.15) is 0 Å². The second kappa shape index (κ2) is 7.18. The van der Waals surface area contributed by atoms with Crippen molar-refractivity contribution in [2.24, 2.45) is 0 Å². The van der Waals surface area contributed by atoms with E-state index in [0.29, 0.717) is 24.7 Å². The Morgan fingerprint density at radius 2 is 2.32 bits per heavy atom. The molecule has 102 valence electrons. The molecule has 0 atom stereocenters. The number of hydrogen-bond donors (Lipinski definition) is 1. The Balaban J connectivity index is 1.95. The van der Waals surface area contributed by atoms with Crippen LogP contribution in [0, 0.1) is 0 Å². The average Bonchev–Trinajstić information content (AvgIpc) is 2.82. The van der Waals surface area contributed by atoms with E-state index in [4.69, 9.17) is 16.3 Å². The summed E-state index contributed by atoms with van der Waals surface area (Å²) in [5, 5.41) is 15.6. The molecule has 0 unspecified atom stereocenters. The summed E-state index contributed by atoms with van der Waals surface area (Å²) in [7, 11) is 1.67. The van der Waals surface area contributed by atoms with Crippen molar-refractivity contribution in [2.45, 2.75) is 13.1 Å². The second-order valence-corrected chi connectivity index (χ2v) is 4.49. The zero-order valence-electron chi connectivity index (χ0n) is 10.7. The number of tetrazole rings is 1. The normalized spacial score (nSPS) is 10.8. The van der Waals surface area contributed by atoms with Crippen molar-refractivity contribution < 1.29 is 4.74 Å². The van der Waals surface area contributed by atoms with Crippen LogP contribution in [0.4, 0.5) is 0 Å². The first-order chi connectivity index (χ1) is 9.29. The maximum absolute atomic E-state index is 5.96. The average molecular weight is 282 g/mol. The Morgan fingerprint density at radius 1 is 1.42 bits per heavy atom. The molecule has 19 heavy (non-hydrogen) atoms. The summed E-state index contributed by atoms with van der Waals surface area (Å²) in [6.45, 7) is 2.64. The molecule has 0 fully saturated rings. The van der Waals surface area contributed by atoms with Gasteiger partial charge in [-0.1, -0.05) is 23.7 Å². The van der Waals surface area contributed by atoms with Crippen molar-refractivity contribution in [2.75, 3.05) is 20.3 Å². The van der Waals surface area contributed by atoms with E-state index in [2.05, 4.69) is 20.8 Å². The van der Waals surface area contributed by atoms with E-state index >= 15 is 0 Å². The minimum atomic E-state index is 0.606. The van der Waals surface area contributed by atoms with Crippen molar-refractivity contribution in [1.29, 1.82) is 0 Å². The van der Waals surface area contributed by atoms with Crippen LogP contribution in [0.3, 0.4) is 0 Å². The van der Waals surface area contributed by atoms with E-state index in [9.17, 15) is 0 Å². The molecule has 0 saturated heterocycles. The molecule has 7 heteroatoms. The number of nitrogens with one attached hydrogen (secondary N) is 1. The predicted octanol–water partition coefficient (Wildman–Crippen LogP) is 1.11. The minimum absolute atomic E-state index is 0.606. The zero-order chi connectivity index (χ0) is 13.5. The molecule has 0 aliphatic rings. The van der Waals surface area contributed by atoms with Gasteiger partial charge in [-0.05, 0) is 28.1 Å². The molecular weight excluding hydrogens is 266 g/mol. The van der Waals surface area contributed by atoms with E-state index in [1.54, 1.807) is 11.8 Å². The van der Waals surface area contributed by atoms with Crippen molar-refractivity contribution in [3.8, 4) is 0 Å². The molecule has 0 bridgehead atoms. The molecule has 1 heterocycles. The summed E-state index contributed by atoms with van der Waals surface area (Å²) in [5.41, 5.74) is 1.07. The van der Waals surface area contributed by atoms with Crippen LogP contribution in [-0.4, -0.2) is 40.5 Å². The number of nitrogens with zero attached hydrogens (tertiary/aromatic N) is 4. The monoisotopic (exact) mass is 281 g/mol. The van der Waals surface area contributed by atoms with Gasteiger partial charge in [0.15, 0.2) is 5.82 Å². The Labute approximate surface area is 116 Å². The Kier molecular flexibility index (Phi) is 5.26. The summed E-state index contributed by atoms with van der Waals surface area (Å²) in [5.74, 6) is 0.788. The maximum Gasteiger partial charge on any atom is 0.165 e. The number of benzene rings is 1. The highest BCUT2D eigenvalue weighted by Crippen LogP contribution is 2.11. The van der Waals surface area contributed by atoms with Gasteiger partial charge in [0.05, 0.1) is 19.7 Å². The van der Waals surface area contributed by atoms with E-state index in [0.717, 1.165) is 17.9 Å². The van der Waals surface area contributed by atoms with Gasteiger partial charge < -0.3 is 10.1 Å². The van der Waals surface area contributed by atoms with Crippen LogP contribution in [0.15, 0.2) is 24.3 Å². The number of halogens is 1. The first-order valence-electron chi connectivity index (χ1n) is 5.98. The molecular formula is C12H16ClN5O. The lowest BCUT2D eigenvalue weighted by Crippen LogP contribution is -2.21. The SMILES string of the molecule is COCCNCc1nnnn1Cc1cccc(Cl)c1. The third-order valence-corrected chi connectivity index (χ3v) is 2.83. The van der Waals surface area contributed by atoms with Crippen LogP contribution >= 0.6 is 11.6 Å². The molecule has 0 amide bonds. The third kappa shape index (κ3) is 4.27. The largest absolute Gasteiger partial charge is 0.383 e. The van der Waals surface area contributed by atoms with E-state index in [-0.39, 0.29) is 0 Å². The molecule has 0 aliphatic heterocycles. The standard InChI is InChI=1S/C12H16ClN5O/c1-19-6-5-14-8-12-15-16-17-18(12)9-10-3-2-4-11(13)7-10/h2-4,7,14H,5-6,8-9H2,1H3. The highest BCUT2D eigenvalue weighted by Gasteiger charge is 2.06. The second-order valence-electron chi connectivity index (χ2n) is 4.05. The molecule has 0 spiro atoms. The highest BCUT2D eigenvalue weighted by atomic mass is 35.5. The van der Waals surface area contributed by atoms with Gasteiger partial charge in [0.2, 0.25) is 0 Å². The van der Waals surface area contributed by atoms with Gasteiger partial charge in [-0.3, -0.25) is 0 Å². The van der Waals surface area contributed by atoms with Gasteiger partial charge in [0, 0.05) is 18.7 Å². The molecule has 2 aromatic rings. The van der Waals surface area contributed by atoms with Gasteiger partial charge >= 0.3 is 0 Å². The van der Waals surface area contributed by atoms with Gasteiger partial charge in [0.25, 0.3) is 0 Å². The number of ether oxygens (including phenoxy) is 1. The van der Waals surface area contributed by atoms with Crippen LogP contribution in [0.25, 0.3) is 0 Å². The molecule has 1 aromatic carbocycles. The van der Waals surface area contributed by atoms with Gasteiger partial charge in [-0.25, -0.2) is 4.68 Å². The van der Waals surface area contributed by atoms with Crippen molar-refractivity contribution in [3.63, 3.8) is 0 Å². The van der Waals surface area contributed by atoms with Crippen LogP contribution in [0.5, 0.6) is 0 Å². The smallest absolute Gasteiger partial charge is 0.165 e. The maximum atomic E-state index is 5.96. The number of hydrogen-bond acceptors (Lipinski definition) is 5. The molecule has 2 rings (SSSR count). The molecule has 0 aliphatic carbocycles. The van der Waals surface area contributed by atoms with Crippen molar-refractivity contribution >= 4 is 11.6 Å². The molecule has 6 nitrogen and oxygen atoms in total.